The zero-order chi connectivity index (χ0) is 17.1. The molecule has 8 heteroatoms. The number of halogens is 1. The number of carbonyl (C=O) groups is 2. The number of fused-ring (bicyclic) bond motifs is 1. The van der Waals surface area contributed by atoms with E-state index in [0.717, 1.165) is 0 Å². The summed E-state index contributed by atoms with van der Waals surface area (Å²) in [5, 5.41) is 15.6. The second kappa shape index (κ2) is 8.51. The molecule has 0 bridgehead atoms. The van der Waals surface area contributed by atoms with Crippen LogP contribution in [0.15, 0.2) is 24.3 Å². The van der Waals surface area contributed by atoms with Crippen molar-refractivity contribution in [3.8, 4) is 5.75 Å². The van der Waals surface area contributed by atoms with E-state index < -0.39 is 12.2 Å². The minimum Gasteiger partial charge on any atom is -0.479 e. The van der Waals surface area contributed by atoms with Crippen LogP contribution in [0.4, 0.5) is 5.69 Å². The molecule has 3 unspecified atom stereocenters. The highest BCUT2D eigenvalue weighted by atomic mass is 35.5. The van der Waals surface area contributed by atoms with Crippen LogP contribution in [-0.4, -0.2) is 55.3 Å². The Bertz CT molecular complexity index is 628. The largest absolute Gasteiger partial charge is 0.479 e. The molecule has 3 N–H and O–H groups in total. The first-order valence-electron chi connectivity index (χ1n) is 8.29. The van der Waals surface area contributed by atoms with Crippen LogP contribution in [-0.2, 0) is 9.59 Å². The topological polar surface area (TPSA) is 90.9 Å². The van der Waals surface area contributed by atoms with E-state index in [-0.39, 0.29) is 36.6 Å². The van der Waals surface area contributed by atoms with Crippen LogP contribution in [0.2, 0.25) is 0 Å². The zero-order valence-corrected chi connectivity index (χ0v) is 14.9. The van der Waals surface area contributed by atoms with E-state index >= 15 is 0 Å². The first kappa shape index (κ1) is 19.5. The quantitative estimate of drug-likeness (QED) is 0.695. The molecule has 3 atom stereocenters. The third kappa shape index (κ3) is 4.42. The molecule has 25 heavy (non-hydrogen) atoms. The van der Waals surface area contributed by atoms with E-state index in [9.17, 15) is 14.7 Å². The van der Waals surface area contributed by atoms with Crippen LogP contribution in [0, 0.1) is 5.92 Å². The highest BCUT2D eigenvalue weighted by Crippen LogP contribution is 2.33. The first-order chi connectivity index (χ1) is 11.6. The van der Waals surface area contributed by atoms with Gasteiger partial charge < -0.3 is 25.4 Å². The number of para-hydroxylation sites is 2. The van der Waals surface area contributed by atoms with Crippen molar-refractivity contribution in [1.29, 1.82) is 0 Å². The molecule has 1 saturated heterocycles. The summed E-state index contributed by atoms with van der Waals surface area (Å²) < 4.78 is 5.58. The van der Waals surface area contributed by atoms with Crippen LogP contribution in [0.5, 0.6) is 5.75 Å². The van der Waals surface area contributed by atoms with E-state index in [0.29, 0.717) is 37.6 Å². The smallest absolute Gasteiger partial charge is 0.267 e. The SMILES string of the molecule is CC1Oc2ccccc2N(CCC(=O)NCC2CNCC2O)C1=O.Cl. The maximum Gasteiger partial charge on any atom is 0.267 e. The third-order valence-electron chi connectivity index (χ3n) is 4.50. The van der Waals surface area contributed by atoms with Gasteiger partial charge in [0, 0.05) is 38.5 Å². The number of nitrogens with zero attached hydrogens (tertiary/aromatic N) is 1. The minimum absolute atomic E-state index is 0. The standard InChI is InChI=1S/C17H23N3O4.ClH/c1-11-17(23)20(13-4-2-3-5-15(13)24-11)7-6-16(22)19-9-12-8-18-10-14(12)21;/h2-5,11-12,14,18,21H,6-10H2,1H3,(H,19,22);1H. The molecule has 0 aliphatic carbocycles. The summed E-state index contributed by atoms with van der Waals surface area (Å²) in [7, 11) is 0. The summed E-state index contributed by atoms with van der Waals surface area (Å²) in [4.78, 5) is 26.0. The van der Waals surface area contributed by atoms with E-state index in [4.69, 9.17) is 4.74 Å². The maximum atomic E-state index is 12.3. The van der Waals surface area contributed by atoms with Crippen molar-refractivity contribution in [2.24, 2.45) is 5.92 Å². The van der Waals surface area contributed by atoms with Gasteiger partial charge in [0.15, 0.2) is 6.10 Å². The van der Waals surface area contributed by atoms with Gasteiger partial charge in [-0.05, 0) is 19.1 Å². The molecular formula is C17H24ClN3O4. The minimum atomic E-state index is -0.553. The van der Waals surface area contributed by atoms with E-state index in [1.807, 2.05) is 24.3 Å². The van der Waals surface area contributed by atoms with Crippen LogP contribution < -0.4 is 20.3 Å². The third-order valence-corrected chi connectivity index (χ3v) is 4.50. The van der Waals surface area contributed by atoms with Crippen molar-refractivity contribution in [2.45, 2.75) is 25.6 Å². The Balaban J connectivity index is 0.00000225. The number of β-amino-alcohol motifs (C(OH)–C–C–N with tert-alkyl or cyclic N) is 1. The van der Waals surface area contributed by atoms with Crippen LogP contribution in [0.25, 0.3) is 0 Å². The number of anilines is 1. The molecule has 2 heterocycles. The van der Waals surface area contributed by atoms with Gasteiger partial charge in [-0.15, -0.1) is 12.4 Å². The van der Waals surface area contributed by atoms with E-state index in [1.165, 1.54) is 0 Å². The molecule has 7 nitrogen and oxygen atoms in total. The lowest BCUT2D eigenvalue weighted by atomic mass is 10.1. The van der Waals surface area contributed by atoms with Crippen molar-refractivity contribution < 1.29 is 19.4 Å². The monoisotopic (exact) mass is 369 g/mol. The number of ether oxygens (including phenoxy) is 1. The average molecular weight is 370 g/mol. The Kier molecular flexibility index (Phi) is 6.64. The number of nitrogens with one attached hydrogen (secondary N) is 2. The molecule has 2 aliphatic heterocycles. The molecule has 0 saturated carbocycles. The molecule has 3 rings (SSSR count). The number of rotatable bonds is 5. The Morgan fingerprint density at radius 2 is 2.16 bits per heavy atom. The number of aliphatic hydroxyl groups is 1. The van der Waals surface area contributed by atoms with Crippen LogP contribution in [0.1, 0.15) is 13.3 Å². The van der Waals surface area contributed by atoms with Crippen LogP contribution >= 0.6 is 12.4 Å². The van der Waals surface area contributed by atoms with Crippen molar-refractivity contribution in [1.82, 2.24) is 10.6 Å². The van der Waals surface area contributed by atoms with Crippen molar-refractivity contribution in [2.75, 3.05) is 31.1 Å². The zero-order valence-electron chi connectivity index (χ0n) is 14.1. The van der Waals surface area contributed by atoms with Crippen LogP contribution in [0.3, 0.4) is 0 Å². The molecule has 2 amide bonds. The van der Waals surface area contributed by atoms with Crippen molar-refractivity contribution in [3.05, 3.63) is 24.3 Å². The fourth-order valence-electron chi connectivity index (χ4n) is 3.06. The van der Waals surface area contributed by atoms with Gasteiger partial charge in [-0.3, -0.25) is 9.59 Å². The Hall–Kier alpha value is -1.83. The van der Waals surface area contributed by atoms with Gasteiger partial charge in [0.25, 0.3) is 5.91 Å². The highest BCUT2D eigenvalue weighted by molar-refractivity contribution is 6.00. The summed E-state index contributed by atoms with van der Waals surface area (Å²) in [5.41, 5.74) is 0.698. The van der Waals surface area contributed by atoms with Gasteiger partial charge in [-0.1, -0.05) is 12.1 Å². The maximum absolute atomic E-state index is 12.3. The van der Waals surface area contributed by atoms with Gasteiger partial charge in [-0.2, -0.15) is 0 Å². The van der Waals surface area contributed by atoms with Crippen molar-refractivity contribution >= 4 is 29.9 Å². The van der Waals surface area contributed by atoms with Gasteiger partial charge in [-0.25, -0.2) is 0 Å². The number of aliphatic hydroxyl groups excluding tert-OH is 1. The molecule has 2 aliphatic rings. The molecule has 1 fully saturated rings. The lowest BCUT2D eigenvalue weighted by Gasteiger charge is -2.32. The Morgan fingerprint density at radius 3 is 2.88 bits per heavy atom. The predicted molar refractivity (Wildman–Crippen MR) is 96.1 cm³/mol. The number of carbonyl (C=O) groups excluding carboxylic acids is 2. The highest BCUT2D eigenvalue weighted by Gasteiger charge is 2.31. The van der Waals surface area contributed by atoms with Gasteiger partial charge in [0.05, 0.1) is 11.8 Å². The van der Waals surface area contributed by atoms with Crippen molar-refractivity contribution in [3.63, 3.8) is 0 Å². The summed E-state index contributed by atoms with van der Waals surface area (Å²) >= 11 is 0. The van der Waals surface area contributed by atoms with Gasteiger partial charge >= 0.3 is 0 Å². The first-order valence-corrected chi connectivity index (χ1v) is 8.29. The predicted octanol–water partition coefficient (Wildman–Crippen LogP) is 0.309. The fraction of sp³-hybridized carbons (Fsp3) is 0.529. The summed E-state index contributed by atoms with van der Waals surface area (Å²) in [6, 6.07) is 7.33. The summed E-state index contributed by atoms with van der Waals surface area (Å²) in [6.45, 7) is 3.73. The Labute approximate surface area is 153 Å². The molecule has 138 valence electrons. The lowest BCUT2D eigenvalue weighted by Crippen LogP contribution is -2.46. The molecule has 1 aromatic rings. The van der Waals surface area contributed by atoms with Gasteiger partial charge in [0.1, 0.15) is 5.75 Å². The van der Waals surface area contributed by atoms with Gasteiger partial charge in [0.2, 0.25) is 5.91 Å². The fourth-order valence-corrected chi connectivity index (χ4v) is 3.06. The van der Waals surface area contributed by atoms with E-state index in [2.05, 4.69) is 10.6 Å². The second-order valence-electron chi connectivity index (χ2n) is 6.26. The molecular weight excluding hydrogens is 346 g/mol. The second-order valence-corrected chi connectivity index (χ2v) is 6.26. The van der Waals surface area contributed by atoms with E-state index in [1.54, 1.807) is 11.8 Å². The average Bonchev–Trinajstić information content (AvgIpc) is 2.98. The molecule has 0 radical (unpaired) electrons. The number of hydrogen-bond donors (Lipinski definition) is 3. The normalized spacial score (nSPS) is 25.0. The molecule has 0 aromatic heterocycles. The lowest BCUT2D eigenvalue weighted by molar-refractivity contribution is -0.125. The molecule has 1 aromatic carbocycles. The number of benzene rings is 1. The number of hydrogen-bond acceptors (Lipinski definition) is 5. The summed E-state index contributed by atoms with van der Waals surface area (Å²) in [6.07, 6.45) is -0.759. The summed E-state index contributed by atoms with van der Waals surface area (Å²) in [5.74, 6) is 0.431. The molecule has 0 spiro atoms. The number of amides is 2. The Morgan fingerprint density at radius 1 is 1.40 bits per heavy atom.